The molecule has 0 rings (SSSR count). The number of carbonyl (C=O) groups excluding carboxylic acids is 4. The molecule has 0 saturated heterocycles. The van der Waals surface area contributed by atoms with Crippen LogP contribution in [0, 0.1) is 5.92 Å². The van der Waals surface area contributed by atoms with Crippen LogP contribution in [0.5, 0.6) is 0 Å². The van der Waals surface area contributed by atoms with Gasteiger partial charge in [-0.1, -0.05) is 20.3 Å². The van der Waals surface area contributed by atoms with Crippen LogP contribution in [0.25, 0.3) is 0 Å². The Balaban J connectivity index is 4.37. The van der Waals surface area contributed by atoms with Crippen molar-refractivity contribution in [3.05, 3.63) is 0 Å². The standard InChI is InChI=1S/C17H28B4N4O4/c1-11(2)12(26)6-4-3-5-7-22-13(27)8-25(9-14(28)23-16(18)19)10-15(29)24-17(20)21/h11,16-17H,3-10H2,1-2H3,(H,22,27)(H,23,28)(H,24,29). The Labute approximate surface area is 178 Å². The normalized spacial score (nSPS) is 11.1. The Morgan fingerprint density at radius 2 is 1.24 bits per heavy atom. The molecule has 0 heterocycles. The molecule has 0 atom stereocenters. The average molecular weight is 396 g/mol. The van der Waals surface area contributed by atoms with Crippen molar-refractivity contribution in [3.63, 3.8) is 0 Å². The van der Waals surface area contributed by atoms with Gasteiger partial charge < -0.3 is 16.0 Å². The molecule has 0 aromatic carbocycles. The molecule has 0 aromatic rings. The van der Waals surface area contributed by atoms with E-state index in [1.54, 1.807) is 0 Å². The highest BCUT2D eigenvalue weighted by atomic mass is 16.2. The molecule has 3 amide bonds. The summed E-state index contributed by atoms with van der Waals surface area (Å²) in [5.74, 6) is -3.25. The highest BCUT2D eigenvalue weighted by molar-refractivity contribution is 6.36. The van der Waals surface area contributed by atoms with Crippen LogP contribution in [0.15, 0.2) is 0 Å². The molecule has 0 spiro atoms. The van der Waals surface area contributed by atoms with Crippen LogP contribution in [0.2, 0.25) is 0 Å². The SMILES string of the molecule is [B]C([B])NC(=O)CN(CC(=O)NCCCCCC(=O)C(C)C)CC(=O)NC([B])[B]. The van der Waals surface area contributed by atoms with Crippen molar-refractivity contribution in [2.45, 2.75) is 51.2 Å². The Morgan fingerprint density at radius 1 is 0.759 bits per heavy atom. The molecule has 0 bridgehead atoms. The molecule has 0 aliphatic carbocycles. The second-order valence-corrected chi connectivity index (χ2v) is 7.11. The minimum absolute atomic E-state index is 0.0396. The zero-order chi connectivity index (χ0) is 22.4. The first-order valence-corrected chi connectivity index (χ1v) is 9.64. The number of amides is 3. The lowest BCUT2D eigenvalue weighted by Crippen LogP contribution is -2.50. The Kier molecular flexibility index (Phi) is 14.3. The topological polar surface area (TPSA) is 108 Å². The van der Waals surface area contributed by atoms with Gasteiger partial charge in [-0.2, -0.15) is 0 Å². The molecule has 0 saturated carbocycles. The zero-order valence-corrected chi connectivity index (χ0v) is 17.3. The number of hydrogen-bond acceptors (Lipinski definition) is 5. The van der Waals surface area contributed by atoms with Crippen molar-refractivity contribution in [3.8, 4) is 0 Å². The van der Waals surface area contributed by atoms with Gasteiger partial charge >= 0.3 is 0 Å². The smallest absolute Gasteiger partial charge is 0.234 e. The molecule has 29 heavy (non-hydrogen) atoms. The van der Waals surface area contributed by atoms with Gasteiger partial charge in [0.25, 0.3) is 0 Å². The predicted molar refractivity (Wildman–Crippen MR) is 115 cm³/mol. The Bertz CT molecular complexity index is 524. The van der Waals surface area contributed by atoms with E-state index in [9.17, 15) is 19.2 Å². The third-order valence-electron chi connectivity index (χ3n) is 3.82. The summed E-state index contributed by atoms with van der Waals surface area (Å²) in [6, 6.07) is 0. The lowest BCUT2D eigenvalue weighted by molar-refractivity contribution is -0.127. The molecule has 0 aromatic heterocycles. The van der Waals surface area contributed by atoms with Crippen molar-refractivity contribution in [2.24, 2.45) is 5.92 Å². The van der Waals surface area contributed by atoms with Crippen LogP contribution in [-0.2, 0) is 19.2 Å². The second kappa shape index (κ2) is 15.2. The van der Waals surface area contributed by atoms with E-state index in [1.807, 2.05) is 13.8 Å². The molecule has 8 radical (unpaired) electrons. The van der Waals surface area contributed by atoms with Crippen LogP contribution in [-0.4, -0.2) is 97.6 Å². The molecule has 0 fully saturated rings. The fourth-order valence-electron chi connectivity index (χ4n) is 2.41. The van der Waals surface area contributed by atoms with Gasteiger partial charge in [-0.25, -0.2) is 0 Å². The van der Waals surface area contributed by atoms with Gasteiger partial charge in [-0.05, 0) is 24.5 Å². The highest BCUT2D eigenvalue weighted by Crippen LogP contribution is 2.05. The van der Waals surface area contributed by atoms with Gasteiger partial charge in [0.1, 0.15) is 5.78 Å². The minimum atomic E-state index is -1.05. The lowest BCUT2D eigenvalue weighted by Gasteiger charge is -2.22. The van der Waals surface area contributed by atoms with Gasteiger partial charge in [0.2, 0.25) is 17.7 Å². The summed E-state index contributed by atoms with van der Waals surface area (Å²) in [4.78, 5) is 48.6. The van der Waals surface area contributed by atoms with Gasteiger partial charge in [-0.15, -0.1) is 0 Å². The van der Waals surface area contributed by atoms with E-state index in [4.69, 9.17) is 31.4 Å². The fraction of sp³-hybridized carbons (Fsp3) is 0.765. The number of hydrogen-bond donors (Lipinski definition) is 3. The van der Waals surface area contributed by atoms with Crippen LogP contribution < -0.4 is 16.0 Å². The number of carbonyl (C=O) groups is 4. The molecule has 0 aliphatic heterocycles. The van der Waals surface area contributed by atoms with Gasteiger partial charge in [0.05, 0.1) is 51.0 Å². The van der Waals surface area contributed by atoms with Gasteiger partial charge in [0.15, 0.2) is 0 Å². The number of nitrogens with zero attached hydrogens (tertiary/aromatic N) is 1. The van der Waals surface area contributed by atoms with Gasteiger partial charge in [-0.3, -0.25) is 24.1 Å². The molecule has 0 aliphatic rings. The number of rotatable bonds is 15. The number of unbranched alkanes of at least 4 members (excludes halogenated alkanes) is 2. The van der Waals surface area contributed by atoms with E-state index < -0.39 is 23.5 Å². The maximum absolute atomic E-state index is 12.1. The zero-order valence-electron chi connectivity index (χ0n) is 17.3. The van der Waals surface area contributed by atoms with E-state index in [0.29, 0.717) is 13.0 Å². The van der Waals surface area contributed by atoms with E-state index >= 15 is 0 Å². The van der Waals surface area contributed by atoms with E-state index in [-0.39, 0.29) is 37.2 Å². The Morgan fingerprint density at radius 3 is 1.69 bits per heavy atom. The minimum Gasteiger partial charge on any atom is -0.370 e. The second-order valence-electron chi connectivity index (χ2n) is 7.11. The van der Waals surface area contributed by atoms with Crippen molar-refractivity contribution < 1.29 is 19.2 Å². The first-order chi connectivity index (χ1) is 13.5. The number of nitrogens with one attached hydrogen (secondary N) is 3. The summed E-state index contributed by atoms with van der Waals surface area (Å²) >= 11 is 0. The fourth-order valence-corrected chi connectivity index (χ4v) is 2.41. The molecular formula is C17H28B4N4O4. The molecule has 12 heteroatoms. The summed E-state index contributed by atoms with van der Waals surface area (Å²) in [6.45, 7) is 3.47. The van der Waals surface area contributed by atoms with E-state index in [1.165, 1.54) is 4.90 Å². The highest BCUT2D eigenvalue weighted by Gasteiger charge is 2.18. The molecule has 8 nitrogen and oxygen atoms in total. The summed E-state index contributed by atoms with van der Waals surface area (Å²) < 4.78 is 0. The summed E-state index contributed by atoms with van der Waals surface area (Å²) in [5, 5.41) is 7.28. The number of Topliss-reactive ketones (excluding diaryl/α,β-unsaturated/α-hetero) is 1. The van der Waals surface area contributed by atoms with Crippen molar-refractivity contribution >= 4 is 54.9 Å². The van der Waals surface area contributed by atoms with Crippen molar-refractivity contribution in [1.29, 1.82) is 0 Å². The average Bonchev–Trinajstić information content (AvgIpc) is 2.55. The van der Waals surface area contributed by atoms with Crippen LogP contribution in [0.1, 0.15) is 39.5 Å². The Hall–Kier alpha value is -1.70. The monoisotopic (exact) mass is 396 g/mol. The third kappa shape index (κ3) is 15.9. The first-order valence-electron chi connectivity index (χ1n) is 9.64. The molecular weight excluding hydrogens is 367 g/mol. The third-order valence-corrected chi connectivity index (χ3v) is 3.82. The van der Waals surface area contributed by atoms with Gasteiger partial charge in [0, 0.05) is 18.9 Å². The predicted octanol–water partition coefficient (Wildman–Crippen LogP) is -2.34. The van der Waals surface area contributed by atoms with Crippen LogP contribution in [0.3, 0.4) is 0 Å². The van der Waals surface area contributed by atoms with Crippen LogP contribution in [0.4, 0.5) is 0 Å². The summed E-state index contributed by atoms with van der Waals surface area (Å²) in [6.07, 6.45) is 2.85. The van der Waals surface area contributed by atoms with Crippen molar-refractivity contribution in [2.75, 3.05) is 26.2 Å². The van der Waals surface area contributed by atoms with Crippen LogP contribution >= 0.6 is 0 Å². The largest absolute Gasteiger partial charge is 0.370 e. The van der Waals surface area contributed by atoms with E-state index in [0.717, 1.165) is 19.3 Å². The lowest BCUT2D eigenvalue weighted by atomic mass is 9.79. The molecule has 0 unspecified atom stereocenters. The maximum atomic E-state index is 12.1. The summed E-state index contributed by atoms with van der Waals surface area (Å²) in [7, 11) is 21.2. The van der Waals surface area contributed by atoms with Crippen molar-refractivity contribution in [1.82, 2.24) is 20.9 Å². The maximum Gasteiger partial charge on any atom is 0.234 e. The first kappa shape index (κ1) is 27.3. The molecule has 152 valence electrons. The number of ketones is 1. The molecule has 3 N–H and O–H groups in total. The summed E-state index contributed by atoms with van der Waals surface area (Å²) in [5.41, 5.74) is 0. The van der Waals surface area contributed by atoms with E-state index in [2.05, 4.69) is 16.0 Å². The quantitative estimate of drug-likeness (QED) is 0.213.